The first kappa shape index (κ1) is 14.9. The van der Waals surface area contributed by atoms with E-state index < -0.39 is 0 Å². The molecular formula is C19H17ClO2. The van der Waals surface area contributed by atoms with E-state index in [4.69, 9.17) is 16.3 Å². The number of carbonyl (C=O) groups excluding carboxylic acids is 1. The highest BCUT2D eigenvalue weighted by molar-refractivity contribution is 6.54. The number of hydrogen-bond acceptors (Lipinski definition) is 2. The number of hydrogen-bond donors (Lipinski definition) is 0. The molecule has 112 valence electrons. The maximum Gasteiger partial charge on any atom is 0.306 e. The third-order valence-corrected chi connectivity index (χ3v) is 4.33. The summed E-state index contributed by atoms with van der Waals surface area (Å²) in [7, 11) is 0. The summed E-state index contributed by atoms with van der Waals surface area (Å²) in [6, 6.07) is 18.0. The van der Waals surface area contributed by atoms with Crippen LogP contribution in [0, 0.1) is 0 Å². The Morgan fingerprint density at radius 3 is 2.50 bits per heavy atom. The second-order valence-corrected chi connectivity index (χ2v) is 5.62. The Kier molecular flexibility index (Phi) is 4.30. The zero-order valence-electron chi connectivity index (χ0n) is 12.4. The summed E-state index contributed by atoms with van der Waals surface area (Å²) in [5.74, 6) is -0.243. The number of halogens is 1. The van der Waals surface area contributed by atoms with Crippen LogP contribution in [0.2, 0.25) is 0 Å². The normalized spacial score (nSPS) is 16.5. The standard InChI is InChI=1S/C19H17ClO2/c1-2-22-17(21)12-16-14-10-6-7-11-15(14)19(20)18(16)13-8-4-3-5-9-13/h3-11,16H,2,12H2,1H3. The molecule has 0 N–H and O–H groups in total. The zero-order chi connectivity index (χ0) is 15.5. The SMILES string of the molecule is CCOC(=O)CC1C(c2ccccc2)=C(Cl)c2ccccc21. The number of benzene rings is 2. The molecule has 2 aromatic carbocycles. The molecule has 0 aliphatic heterocycles. The second-order valence-electron chi connectivity index (χ2n) is 5.24. The minimum atomic E-state index is -0.192. The highest BCUT2D eigenvalue weighted by atomic mass is 35.5. The van der Waals surface area contributed by atoms with Crippen molar-refractivity contribution in [3.63, 3.8) is 0 Å². The fourth-order valence-corrected chi connectivity index (χ4v) is 3.41. The molecule has 0 fully saturated rings. The van der Waals surface area contributed by atoms with E-state index in [2.05, 4.69) is 0 Å². The molecule has 1 unspecified atom stereocenters. The second kappa shape index (κ2) is 6.37. The molecule has 22 heavy (non-hydrogen) atoms. The van der Waals surface area contributed by atoms with Gasteiger partial charge in [0.15, 0.2) is 0 Å². The fraction of sp³-hybridized carbons (Fsp3) is 0.211. The molecule has 0 saturated carbocycles. The van der Waals surface area contributed by atoms with Crippen molar-refractivity contribution in [3.8, 4) is 0 Å². The van der Waals surface area contributed by atoms with Crippen molar-refractivity contribution in [2.24, 2.45) is 0 Å². The minimum absolute atomic E-state index is 0.0508. The predicted octanol–water partition coefficient (Wildman–Crippen LogP) is 4.84. The lowest BCUT2D eigenvalue weighted by Crippen LogP contribution is -2.10. The van der Waals surface area contributed by atoms with Crippen LogP contribution in [0.1, 0.15) is 36.0 Å². The topological polar surface area (TPSA) is 26.3 Å². The molecule has 3 heteroatoms. The number of fused-ring (bicyclic) bond motifs is 1. The van der Waals surface area contributed by atoms with Gasteiger partial charge in [-0.2, -0.15) is 0 Å². The van der Waals surface area contributed by atoms with Crippen molar-refractivity contribution < 1.29 is 9.53 Å². The smallest absolute Gasteiger partial charge is 0.306 e. The summed E-state index contributed by atoms with van der Waals surface area (Å²) < 4.78 is 5.13. The van der Waals surface area contributed by atoms with Crippen LogP contribution in [0.5, 0.6) is 0 Å². The van der Waals surface area contributed by atoms with Gasteiger partial charge < -0.3 is 4.74 Å². The molecular weight excluding hydrogens is 296 g/mol. The average Bonchev–Trinajstić information content (AvgIpc) is 2.81. The Morgan fingerprint density at radius 2 is 1.77 bits per heavy atom. The van der Waals surface area contributed by atoms with Gasteiger partial charge >= 0.3 is 5.97 Å². The van der Waals surface area contributed by atoms with Crippen molar-refractivity contribution >= 4 is 28.2 Å². The molecule has 0 amide bonds. The molecule has 0 saturated heterocycles. The molecule has 2 aromatic rings. The predicted molar refractivity (Wildman–Crippen MR) is 89.5 cm³/mol. The van der Waals surface area contributed by atoms with Gasteiger partial charge in [0.25, 0.3) is 0 Å². The van der Waals surface area contributed by atoms with Gasteiger partial charge in [0.2, 0.25) is 0 Å². The number of carbonyl (C=O) groups is 1. The van der Waals surface area contributed by atoms with Crippen LogP contribution in [-0.2, 0) is 9.53 Å². The molecule has 0 aromatic heterocycles. The van der Waals surface area contributed by atoms with Gasteiger partial charge in [0, 0.05) is 5.92 Å². The molecule has 0 bridgehead atoms. The third kappa shape index (κ3) is 2.67. The minimum Gasteiger partial charge on any atom is -0.466 e. The quantitative estimate of drug-likeness (QED) is 0.755. The van der Waals surface area contributed by atoms with Crippen molar-refractivity contribution in [2.75, 3.05) is 6.61 Å². The van der Waals surface area contributed by atoms with Crippen molar-refractivity contribution in [2.45, 2.75) is 19.3 Å². The van der Waals surface area contributed by atoms with Crippen LogP contribution < -0.4 is 0 Å². The van der Waals surface area contributed by atoms with Crippen LogP contribution in [0.15, 0.2) is 54.6 Å². The summed E-state index contributed by atoms with van der Waals surface area (Å²) in [5.41, 5.74) is 4.17. The Labute approximate surface area is 135 Å². The van der Waals surface area contributed by atoms with E-state index in [0.717, 1.165) is 27.3 Å². The molecule has 0 spiro atoms. The van der Waals surface area contributed by atoms with E-state index in [1.54, 1.807) is 0 Å². The zero-order valence-corrected chi connectivity index (χ0v) is 13.1. The molecule has 1 atom stereocenters. The maximum atomic E-state index is 12.0. The first-order chi connectivity index (χ1) is 10.7. The molecule has 1 aliphatic carbocycles. The summed E-state index contributed by atoms with van der Waals surface area (Å²) in [5, 5.41) is 0.732. The number of rotatable bonds is 4. The monoisotopic (exact) mass is 312 g/mol. The Balaban J connectivity index is 2.05. The van der Waals surface area contributed by atoms with Crippen LogP contribution in [0.3, 0.4) is 0 Å². The lowest BCUT2D eigenvalue weighted by Gasteiger charge is -2.16. The summed E-state index contributed by atoms with van der Waals surface area (Å²) in [6.07, 6.45) is 0.311. The average molecular weight is 313 g/mol. The van der Waals surface area contributed by atoms with Crippen LogP contribution in [0.25, 0.3) is 10.6 Å². The van der Waals surface area contributed by atoms with Crippen LogP contribution in [-0.4, -0.2) is 12.6 Å². The van der Waals surface area contributed by atoms with Gasteiger partial charge in [-0.1, -0.05) is 66.2 Å². The van der Waals surface area contributed by atoms with Crippen LogP contribution >= 0.6 is 11.6 Å². The highest BCUT2D eigenvalue weighted by Crippen LogP contribution is 2.50. The van der Waals surface area contributed by atoms with Gasteiger partial charge in [-0.15, -0.1) is 0 Å². The Morgan fingerprint density at radius 1 is 1.09 bits per heavy atom. The van der Waals surface area contributed by atoms with E-state index in [1.165, 1.54) is 0 Å². The number of ether oxygens (including phenoxy) is 1. The maximum absolute atomic E-state index is 12.0. The summed E-state index contributed by atoms with van der Waals surface area (Å²) in [4.78, 5) is 12.0. The first-order valence-corrected chi connectivity index (χ1v) is 7.80. The molecule has 3 rings (SSSR count). The Bertz CT molecular complexity index is 719. The lowest BCUT2D eigenvalue weighted by molar-refractivity contribution is -0.143. The Hall–Kier alpha value is -2.06. The van der Waals surface area contributed by atoms with Gasteiger partial charge in [0.1, 0.15) is 0 Å². The van der Waals surface area contributed by atoms with Gasteiger partial charge in [-0.3, -0.25) is 4.79 Å². The van der Waals surface area contributed by atoms with Crippen molar-refractivity contribution in [3.05, 3.63) is 71.3 Å². The first-order valence-electron chi connectivity index (χ1n) is 7.42. The van der Waals surface area contributed by atoms with Gasteiger partial charge in [-0.05, 0) is 29.2 Å². The van der Waals surface area contributed by atoms with Crippen LogP contribution in [0.4, 0.5) is 0 Å². The molecule has 1 aliphatic rings. The molecule has 0 radical (unpaired) electrons. The highest BCUT2D eigenvalue weighted by Gasteiger charge is 2.32. The van der Waals surface area contributed by atoms with Crippen molar-refractivity contribution in [1.29, 1.82) is 0 Å². The molecule has 0 heterocycles. The van der Waals surface area contributed by atoms with E-state index in [9.17, 15) is 4.79 Å². The van der Waals surface area contributed by atoms with E-state index in [1.807, 2.05) is 61.5 Å². The number of allylic oxidation sites excluding steroid dienone is 1. The van der Waals surface area contributed by atoms with Gasteiger partial charge in [0.05, 0.1) is 18.1 Å². The molecule has 2 nitrogen and oxygen atoms in total. The van der Waals surface area contributed by atoms with E-state index in [-0.39, 0.29) is 11.9 Å². The van der Waals surface area contributed by atoms with E-state index >= 15 is 0 Å². The van der Waals surface area contributed by atoms with Crippen molar-refractivity contribution in [1.82, 2.24) is 0 Å². The summed E-state index contributed by atoms with van der Waals surface area (Å²) in [6.45, 7) is 2.22. The summed E-state index contributed by atoms with van der Waals surface area (Å²) >= 11 is 6.63. The fourth-order valence-electron chi connectivity index (χ4n) is 3.00. The lowest BCUT2D eigenvalue weighted by atomic mass is 9.89. The largest absolute Gasteiger partial charge is 0.466 e. The third-order valence-electron chi connectivity index (χ3n) is 3.92. The van der Waals surface area contributed by atoms with E-state index in [0.29, 0.717) is 13.0 Å². The number of esters is 1. The van der Waals surface area contributed by atoms with Gasteiger partial charge in [-0.25, -0.2) is 0 Å².